The number of nitrogen functional groups attached to an aromatic ring is 1. The van der Waals surface area contributed by atoms with Crippen molar-refractivity contribution in [3.8, 4) is 5.75 Å². The molecule has 33 heavy (non-hydrogen) atoms. The Morgan fingerprint density at radius 2 is 1.39 bits per heavy atom. The van der Waals surface area contributed by atoms with Gasteiger partial charge in [0.15, 0.2) is 11.6 Å². The summed E-state index contributed by atoms with van der Waals surface area (Å²) in [4.78, 5) is 11.8. The largest absolute Gasteiger partial charge is 0.420 e. The van der Waals surface area contributed by atoms with E-state index in [-0.39, 0.29) is 22.6 Å². The highest BCUT2D eigenvalue weighted by molar-refractivity contribution is 8.00. The number of ether oxygens (including phenoxy) is 2. The quantitative estimate of drug-likeness (QED) is 0.0940. The number of benzene rings is 1. The van der Waals surface area contributed by atoms with Crippen LogP contribution < -0.4 is 10.5 Å². The lowest BCUT2D eigenvalue weighted by atomic mass is 10.1. The molecule has 0 atom stereocenters. The van der Waals surface area contributed by atoms with E-state index in [0.717, 1.165) is 25.0 Å². The number of unbranched alkanes of at least 4 members (excludes halogenated alkanes) is 7. The van der Waals surface area contributed by atoms with Gasteiger partial charge in [-0.25, -0.2) is 8.78 Å². The smallest absolute Gasteiger partial charge is 0.311 e. The Kier molecular flexibility index (Phi) is 16.5. The maximum Gasteiger partial charge on any atom is 0.311 e. The molecule has 4 nitrogen and oxygen atoms in total. The molecule has 0 bridgehead atoms. The minimum Gasteiger partial charge on any atom is -0.420 e. The van der Waals surface area contributed by atoms with Crippen LogP contribution in [-0.4, -0.2) is 23.8 Å². The first-order chi connectivity index (χ1) is 15.5. The molecule has 0 fully saturated rings. The standard InChI is InChI=1S/C23H37F2NO3S.C3H8/c1-16-17(2)21(26)20(25)22(19(16)24)29-18(27)14-12-10-8-6-7-9-11-13-15-30-23(3,4)28-5;1-3-2/h6-15,26H2,1-5H3;3H2,1-2H3. The Labute approximate surface area is 204 Å². The molecule has 0 aliphatic heterocycles. The van der Waals surface area contributed by atoms with Gasteiger partial charge < -0.3 is 15.2 Å². The lowest BCUT2D eigenvalue weighted by molar-refractivity contribution is -0.134. The normalized spacial score (nSPS) is 11.2. The molecule has 0 aromatic heterocycles. The molecule has 0 heterocycles. The predicted octanol–water partition coefficient (Wildman–Crippen LogP) is 8.11. The SMILES string of the molecule is CCC.COC(C)(C)SCCCCCCCCCCC(=O)Oc1c(F)c(C)c(C)c(N)c1F. The molecule has 192 valence electrons. The van der Waals surface area contributed by atoms with Gasteiger partial charge in [0.25, 0.3) is 0 Å². The predicted molar refractivity (Wildman–Crippen MR) is 137 cm³/mol. The van der Waals surface area contributed by atoms with Gasteiger partial charge in [0, 0.05) is 13.5 Å². The molecule has 0 aliphatic rings. The zero-order valence-corrected chi connectivity index (χ0v) is 22.6. The van der Waals surface area contributed by atoms with Crippen molar-refractivity contribution < 1.29 is 23.0 Å². The van der Waals surface area contributed by atoms with Crippen LogP contribution in [0.2, 0.25) is 0 Å². The fourth-order valence-corrected chi connectivity index (χ4v) is 3.94. The highest BCUT2D eigenvalue weighted by Gasteiger charge is 2.22. The van der Waals surface area contributed by atoms with Crippen molar-refractivity contribution in [3.63, 3.8) is 0 Å². The molecule has 1 rings (SSSR count). The lowest BCUT2D eigenvalue weighted by Crippen LogP contribution is -2.17. The van der Waals surface area contributed by atoms with E-state index in [2.05, 4.69) is 27.7 Å². The average Bonchev–Trinajstić information content (AvgIpc) is 2.78. The second kappa shape index (κ2) is 17.1. The number of anilines is 1. The number of rotatable bonds is 14. The number of hydrogen-bond acceptors (Lipinski definition) is 5. The molecule has 2 N–H and O–H groups in total. The van der Waals surface area contributed by atoms with Crippen molar-refractivity contribution in [3.05, 3.63) is 22.8 Å². The number of thioether (sulfide) groups is 1. The van der Waals surface area contributed by atoms with Gasteiger partial charge in [-0.05, 0) is 57.4 Å². The molecule has 7 heteroatoms. The Bertz CT molecular complexity index is 682. The van der Waals surface area contributed by atoms with E-state index in [1.165, 1.54) is 46.0 Å². The Morgan fingerprint density at radius 1 is 0.909 bits per heavy atom. The maximum absolute atomic E-state index is 14.2. The van der Waals surface area contributed by atoms with Crippen LogP contribution in [0.1, 0.15) is 103 Å². The highest BCUT2D eigenvalue weighted by atomic mass is 32.2. The minimum atomic E-state index is -1.01. The average molecular weight is 490 g/mol. The summed E-state index contributed by atoms with van der Waals surface area (Å²) < 4.78 is 38.6. The Morgan fingerprint density at radius 3 is 1.91 bits per heavy atom. The first-order valence-electron chi connectivity index (χ1n) is 12.2. The molecule has 0 saturated heterocycles. The topological polar surface area (TPSA) is 61.5 Å². The van der Waals surface area contributed by atoms with E-state index >= 15 is 0 Å². The summed E-state index contributed by atoms with van der Waals surface area (Å²) in [5.41, 5.74) is 5.95. The van der Waals surface area contributed by atoms with Crippen molar-refractivity contribution in [1.29, 1.82) is 0 Å². The van der Waals surface area contributed by atoms with Gasteiger partial charge in [-0.3, -0.25) is 4.79 Å². The van der Waals surface area contributed by atoms with Crippen LogP contribution in [0.25, 0.3) is 0 Å². The third-order valence-electron chi connectivity index (χ3n) is 5.36. The van der Waals surface area contributed by atoms with Gasteiger partial charge in [-0.2, -0.15) is 0 Å². The van der Waals surface area contributed by atoms with Crippen LogP contribution >= 0.6 is 11.8 Å². The first kappa shape index (κ1) is 31.7. The summed E-state index contributed by atoms with van der Waals surface area (Å²) in [7, 11) is 1.74. The molecule has 0 amide bonds. The fourth-order valence-electron chi connectivity index (χ4n) is 2.98. The number of carbonyl (C=O) groups is 1. The van der Waals surface area contributed by atoms with Gasteiger partial charge in [-0.15, -0.1) is 11.8 Å². The number of nitrogens with two attached hydrogens (primary N) is 1. The molecule has 0 radical (unpaired) electrons. The molecule has 0 saturated carbocycles. The van der Waals surface area contributed by atoms with Crippen LogP contribution in [0.4, 0.5) is 14.5 Å². The maximum atomic E-state index is 14.2. The van der Waals surface area contributed by atoms with Gasteiger partial charge in [0.2, 0.25) is 5.75 Å². The van der Waals surface area contributed by atoms with E-state index in [1.807, 2.05) is 11.8 Å². The second-order valence-corrected chi connectivity index (χ2v) is 10.5. The van der Waals surface area contributed by atoms with Crippen LogP contribution in [0.15, 0.2) is 0 Å². The summed E-state index contributed by atoms with van der Waals surface area (Å²) in [5.74, 6) is -2.08. The van der Waals surface area contributed by atoms with Gasteiger partial charge in [-0.1, -0.05) is 58.8 Å². The summed E-state index contributed by atoms with van der Waals surface area (Å²) in [6.07, 6.45) is 9.90. The van der Waals surface area contributed by atoms with Gasteiger partial charge >= 0.3 is 5.97 Å². The van der Waals surface area contributed by atoms with Crippen molar-refractivity contribution >= 4 is 23.4 Å². The van der Waals surface area contributed by atoms with E-state index in [9.17, 15) is 13.6 Å². The molecular weight excluding hydrogens is 444 g/mol. The van der Waals surface area contributed by atoms with E-state index in [4.69, 9.17) is 15.2 Å². The Balaban J connectivity index is 0.00000322. The van der Waals surface area contributed by atoms with E-state index < -0.39 is 23.4 Å². The van der Waals surface area contributed by atoms with Crippen molar-refractivity contribution in [2.75, 3.05) is 18.6 Å². The lowest BCUT2D eigenvalue weighted by Gasteiger charge is -2.21. The summed E-state index contributed by atoms with van der Waals surface area (Å²) in [5, 5.41) is 0. The van der Waals surface area contributed by atoms with Crippen LogP contribution in [0.3, 0.4) is 0 Å². The number of carbonyl (C=O) groups excluding carboxylic acids is 1. The zero-order valence-electron chi connectivity index (χ0n) is 21.7. The van der Waals surface area contributed by atoms with E-state index in [0.29, 0.717) is 12.0 Å². The van der Waals surface area contributed by atoms with Gasteiger partial charge in [0.05, 0.1) is 5.69 Å². The second-order valence-electron chi connectivity index (χ2n) is 8.83. The summed E-state index contributed by atoms with van der Waals surface area (Å²) in [6, 6.07) is 0. The molecule has 0 unspecified atom stereocenters. The monoisotopic (exact) mass is 489 g/mol. The summed E-state index contributed by atoms with van der Waals surface area (Å²) in [6.45, 7) is 11.4. The third kappa shape index (κ3) is 12.6. The van der Waals surface area contributed by atoms with Gasteiger partial charge in [0.1, 0.15) is 4.93 Å². The first-order valence-corrected chi connectivity index (χ1v) is 13.1. The number of methoxy groups -OCH3 is 1. The minimum absolute atomic E-state index is 0.108. The molecule has 0 spiro atoms. The zero-order chi connectivity index (χ0) is 25.4. The highest BCUT2D eigenvalue weighted by Crippen LogP contribution is 2.33. The number of halogens is 2. The van der Waals surface area contributed by atoms with Crippen LogP contribution in [0, 0.1) is 25.5 Å². The van der Waals surface area contributed by atoms with Crippen molar-refractivity contribution in [1.82, 2.24) is 0 Å². The number of hydrogen-bond donors (Lipinski definition) is 1. The van der Waals surface area contributed by atoms with Crippen LogP contribution in [-0.2, 0) is 9.53 Å². The number of esters is 1. The molecule has 0 aliphatic carbocycles. The molecule has 1 aromatic carbocycles. The summed E-state index contributed by atoms with van der Waals surface area (Å²) >= 11 is 1.84. The Hall–Kier alpha value is -1.34. The fraction of sp³-hybridized carbons (Fsp3) is 0.731. The van der Waals surface area contributed by atoms with Crippen molar-refractivity contribution in [2.24, 2.45) is 0 Å². The van der Waals surface area contributed by atoms with E-state index in [1.54, 1.807) is 7.11 Å². The third-order valence-corrected chi connectivity index (χ3v) is 6.72. The van der Waals surface area contributed by atoms with Crippen molar-refractivity contribution in [2.45, 2.75) is 111 Å². The van der Waals surface area contributed by atoms with Crippen LogP contribution in [0.5, 0.6) is 5.75 Å². The molecular formula is C26H45F2NO3S. The molecule has 1 aromatic rings.